The molecule has 1 saturated heterocycles. The highest BCUT2D eigenvalue weighted by Crippen LogP contribution is 2.24. The van der Waals surface area contributed by atoms with Crippen LogP contribution in [-0.2, 0) is 9.53 Å². The zero-order chi connectivity index (χ0) is 12.2. The lowest BCUT2D eigenvalue weighted by Crippen LogP contribution is -2.48. The van der Waals surface area contributed by atoms with Crippen molar-refractivity contribution in [2.24, 2.45) is 11.3 Å². The van der Waals surface area contributed by atoms with E-state index in [-0.39, 0.29) is 17.4 Å². The van der Waals surface area contributed by atoms with Crippen molar-refractivity contribution in [1.29, 1.82) is 0 Å². The normalized spacial score (nSPS) is 27.1. The highest BCUT2D eigenvalue weighted by Gasteiger charge is 2.37. The van der Waals surface area contributed by atoms with Crippen LogP contribution in [0.2, 0.25) is 0 Å². The van der Waals surface area contributed by atoms with E-state index in [1.165, 1.54) is 0 Å². The molecule has 1 amide bonds. The van der Waals surface area contributed by atoms with Crippen molar-refractivity contribution in [3.63, 3.8) is 0 Å². The van der Waals surface area contributed by atoms with E-state index in [1.54, 1.807) is 7.11 Å². The van der Waals surface area contributed by atoms with Crippen LogP contribution >= 0.6 is 0 Å². The Morgan fingerprint density at radius 1 is 1.56 bits per heavy atom. The van der Waals surface area contributed by atoms with Gasteiger partial charge in [-0.25, -0.2) is 0 Å². The second-order valence-corrected chi connectivity index (χ2v) is 5.27. The van der Waals surface area contributed by atoms with Crippen LogP contribution in [0.3, 0.4) is 0 Å². The van der Waals surface area contributed by atoms with Crippen molar-refractivity contribution in [1.82, 2.24) is 10.6 Å². The van der Waals surface area contributed by atoms with E-state index in [4.69, 9.17) is 4.74 Å². The summed E-state index contributed by atoms with van der Waals surface area (Å²) in [5, 5.41) is 6.33. The highest BCUT2D eigenvalue weighted by molar-refractivity contribution is 5.83. The predicted molar refractivity (Wildman–Crippen MR) is 64.2 cm³/mol. The van der Waals surface area contributed by atoms with Crippen molar-refractivity contribution in [2.75, 3.05) is 26.8 Å². The fraction of sp³-hybridized carbons (Fsp3) is 0.917. The summed E-state index contributed by atoms with van der Waals surface area (Å²) in [5.74, 6) is 0.537. The van der Waals surface area contributed by atoms with Gasteiger partial charge in [0.2, 0.25) is 5.91 Å². The van der Waals surface area contributed by atoms with Gasteiger partial charge in [-0.15, -0.1) is 0 Å². The summed E-state index contributed by atoms with van der Waals surface area (Å²) in [6, 6.07) is 0.106. The smallest absolute Gasteiger partial charge is 0.227 e. The molecular weight excluding hydrogens is 204 g/mol. The lowest BCUT2D eigenvalue weighted by atomic mass is 9.88. The Balaban J connectivity index is 2.53. The van der Waals surface area contributed by atoms with Crippen LogP contribution in [0.4, 0.5) is 0 Å². The molecule has 4 heteroatoms. The molecule has 0 radical (unpaired) electrons. The fourth-order valence-corrected chi connectivity index (χ4v) is 1.93. The number of carbonyl (C=O) groups is 1. The third-order valence-electron chi connectivity index (χ3n) is 3.38. The van der Waals surface area contributed by atoms with Crippen molar-refractivity contribution < 1.29 is 9.53 Å². The van der Waals surface area contributed by atoms with E-state index in [9.17, 15) is 4.79 Å². The summed E-state index contributed by atoms with van der Waals surface area (Å²) in [6.07, 6.45) is 0.913. The summed E-state index contributed by atoms with van der Waals surface area (Å²) in [5.41, 5.74) is -0.249. The minimum absolute atomic E-state index is 0.106. The average Bonchev–Trinajstić information content (AvgIpc) is 2.65. The Labute approximate surface area is 98.1 Å². The summed E-state index contributed by atoms with van der Waals surface area (Å²) in [7, 11) is 1.67. The molecule has 1 aliphatic rings. The minimum atomic E-state index is -0.249. The predicted octanol–water partition coefficient (Wildman–Crippen LogP) is 0.773. The zero-order valence-electron chi connectivity index (χ0n) is 10.8. The van der Waals surface area contributed by atoms with Crippen LogP contribution in [0.25, 0.3) is 0 Å². The third kappa shape index (κ3) is 3.19. The maximum absolute atomic E-state index is 12.2. The quantitative estimate of drug-likeness (QED) is 0.731. The lowest BCUT2D eigenvalue weighted by molar-refractivity contribution is -0.130. The molecule has 1 rings (SSSR count). The Kier molecular flexibility index (Phi) is 4.74. The van der Waals surface area contributed by atoms with Crippen LogP contribution in [0.5, 0.6) is 0 Å². The number of hydrogen-bond acceptors (Lipinski definition) is 3. The summed E-state index contributed by atoms with van der Waals surface area (Å²) < 4.78 is 5.13. The number of hydrogen-bond donors (Lipinski definition) is 2. The van der Waals surface area contributed by atoms with Gasteiger partial charge < -0.3 is 15.4 Å². The monoisotopic (exact) mass is 228 g/mol. The Morgan fingerprint density at radius 3 is 2.69 bits per heavy atom. The number of carbonyl (C=O) groups excluding carboxylic acids is 1. The van der Waals surface area contributed by atoms with E-state index in [0.717, 1.165) is 19.5 Å². The first-order valence-corrected chi connectivity index (χ1v) is 6.00. The highest BCUT2D eigenvalue weighted by atomic mass is 16.5. The molecule has 16 heavy (non-hydrogen) atoms. The average molecular weight is 228 g/mol. The number of rotatable bonds is 5. The van der Waals surface area contributed by atoms with Crippen LogP contribution < -0.4 is 10.6 Å². The van der Waals surface area contributed by atoms with E-state index in [0.29, 0.717) is 12.5 Å². The molecule has 0 spiro atoms. The van der Waals surface area contributed by atoms with Crippen molar-refractivity contribution in [2.45, 2.75) is 33.2 Å². The first kappa shape index (κ1) is 13.5. The van der Waals surface area contributed by atoms with Crippen LogP contribution in [-0.4, -0.2) is 38.8 Å². The van der Waals surface area contributed by atoms with E-state index in [1.807, 2.05) is 6.92 Å². The lowest BCUT2D eigenvalue weighted by Gasteiger charge is -2.28. The van der Waals surface area contributed by atoms with Crippen molar-refractivity contribution >= 4 is 5.91 Å². The molecule has 0 aromatic carbocycles. The molecule has 0 aliphatic carbocycles. The molecule has 0 bridgehead atoms. The van der Waals surface area contributed by atoms with Gasteiger partial charge in [-0.2, -0.15) is 0 Å². The van der Waals surface area contributed by atoms with Gasteiger partial charge in [0.05, 0.1) is 18.1 Å². The Bertz CT molecular complexity index is 235. The van der Waals surface area contributed by atoms with Gasteiger partial charge in [0.25, 0.3) is 0 Å². The SMILES string of the molecule is COCC(NC(=O)C1(C)CCNC1)C(C)C. The van der Waals surface area contributed by atoms with E-state index < -0.39 is 0 Å². The zero-order valence-corrected chi connectivity index (χ0v) is 10.8. The Morgan fingerprint density at radius 2 is 2.25 bits per heavy atom. The number of amides is 1. The molecule has 4 nitrogen and oxygen atoms in total. The van der Waals surface area contributed by atoms with Gasteiger partial charge in [0.1, 0.15) is 0 Å². The second kappa shape index (κ2) is 5.64. The van der Waals surface area contributed by atoms with E-state index >= 15 is 0 Å². The van der Waals surface area contributed by atoms with Crippen molar-refractivity contribution in [3.8, 4) is 0 Å². The second-order valence-electron chi connectivity index (χ2n) is 5.27. The largest absolute Gasteiger partial charge is 0.383 e. The fourth-order valence-electron chi connectivity index (χ4n) is 1.93. The molecule has 94 valence electrons. The van der Waals surface area contributed by atoms with Gasteiger partial charge in [-0.3, -0.25) is 4.79 Å². The first-order valence-electron chi connectivity index (χ1n) is 6.00. The molecule has 0 saturated carbocycles. The maximum Gasteiger partial charge on any atom is 0.227 e. The number of ether oxygens (including phenoxy) is 1. The van der Waals surface area contributed by atoms with Gasteiger partial charge in [0, 0.05) is 13.7 Å². The maximum atomic E-state index is 12.2. The van der Waals surface area contributed by atoms with Gasteiger partial charge >= 0.3 is 0 Å². The van der Waals surface area contributed by atoms with Crippen LogP contribution in [0.15, 0.2) is 0 Å². The van der Waals surface area contributed by atoms with Crippen molar-refractivity contribution in [3.05, 3.63) is 0 Å². The van der Waals surface area contributed by atoms with E-state index in [2.05, 4.69) is 24.5 Å². The van der Waals surface area contributed by atoms with Gasteiger partial charge in [-0.05, 0) is 25.8 Å². The molecule has 2 N–H and O–H groups in total. The topological polar surface area (TPSA) is 50.4 Å². The van der Waals surface area contributed by atoms with Crippen LogP contribution in [0.1, 0.15) is 27.2 Å². The van der Waals surface area contributed by atoms with Crippen LogP contribution in [0, 0.1) is 11.3 Å². The standard InChI is InChI=1S/C12H24N2O2/c1-9(2)10(7-16-4)14-11(15)12(3)5-6-13-8-12/h9-10,13H,5-8H2,1-4H3,(H,14,15). The number of nitrogens with one attached hydrogen (secondary N) is 2. The molecule has 2 unspecified atom stereocenters. The Hall–Kier alpha value is -0.610. The number of methoxy groups -OCH3 is 1. The molecule has 1 fully saturated rings. The van der Waals surface area contributed by atoms with Gasteiger partial charge in [-0.1, -0.05) is 13.8 Å². The summed E-state index contributed by atoms with van der Waals surface area (Å²) >= 11 is 0. The van der Waals surface area contributed by atoms with Gasteiger partial charge in [0.15, 0.2) is 0 Å². The molecule has 2 atom stereocenters. The molecular formula is C12H24N2O2. The summed E-state index contributed by atoms with van der Waals surface area (Å²) in [4.78, 5) is 12.2. The third-order valence-corrected chi connectivity index (χ3v) is 3.38. The molecule has 0 aromatic heterocycles. The first-order chi connectivity index (χ1) is 7.49. The molecule has 0 aromatic rings. The minimum Gasteiger partial charge on any atom is -0.383 e. The molecule has 1 heterocycles. The summed E-state index contributed by atoms with van der Waals surface area (Å²) in [6.45, 7) is 8.50. The molecule has 1 aliphatic heterocycles.